The Morgan fingerprint density at radius 3 is 2.44 bits per heavy atom. The lowest BCUT2D eigenvalue weighted by Crippen LogP contribution is -2.09. The number of carbonyl (C=O) groups excluding carboxylic acids is 1. The SMILES string of the molecule is NCCC(=O)O[SH](=O)=O. The fourth-order valence-electron chi connectivity index (χ4n) is 0.247. The van der Waals surface area contributed by atoms with Gasteiger partial charge in [-0.3, -0.25) is 4.79 Å². The van der Waals surface area contributed by atoms with E-state index >= 15 is 0 Å². The molecule has 54 valence electrons. The monoisotopic (exact) mass is 153 g/mol. The van der Waals surface area contributed by atoms with Gasteiger partial charge in [-0.1, -0.05) is 0 Å². The van der Waals surface area contributed by atoms with Crippen molar-refractivity contribution in [3.63, 3.8) is 0 Å². The number of carbonyl (C=O) groups is 1. The summed E-state index contributed by atoms with van der Waals surface area (Å²) in [4.78, 5) is 10.2. The lowest BCUT2D eigenvalue weighted by molar-refractivity contribution is -0.133. The Bertz CT molecular complexity index is 155. The fraction of sp³-hybridized carbons (Fsp3) is 0.667. The van der Waals surface area contributed by atoms with Crippen LogP contribution in [0.15, 0.2) is 0 Å². The summed E-state index contributed by atoms with van der Waals surface area (Å²) in [6.45, 7) is 0.0992. The van der Waals surface area contributed by atoms with E-state index in [1.165, 1.54) is 0 Å². The van der Waals surface area contributed by atoms with Gasteiger partial charge in [0.15, 0.2) is 0 Å². The molecule has 5 nitrogen and oxygen atoms in total. The van der Waals surface area contributed by atoms with Crippen molar-refractivity contribution in [2.75, 3.05) is 6.54 Å². The molecule has 0 aliphatic carbocycles. The molecule has 0 aliphatic heterocycles. The zero-order valence-corrected chi connectivity index (χ0v) is 5.47. The molecule has 0 atom stereocenters. The van der Waals surface area contributed by atoms with Crippen molar-refractivity contribution < 1.29 is 17.4 Å². The molecule has 2 N–H and O–H groups in total. The van der Waals surface area contributed by atoms with Crippen molar-refractivity contribution in [1.82, 2.24) is 0 Å². The highest BCUT2D eigenvalue weighted by molar-refractivity contribution is 7.67. The zero-order chi connectivity index (χ0) is 7.28. The number of nitrogens with two attached hydrogens (primary N) is 1. The van der Waals surface area contributed by atoms with Gasteiger partial charge in [0.05, 0.1) is 6.42 Å². The van der Waals surface area contributed by atoms with E-state index in [9.17, 15) is 13.2 Å². The van der Waals surface area contributed by atoms with Crippen molar-refractivity contribution in [2.45, 2.75) is 6.42 Å². The van der Waals surface area contributed by atoms with E-state index in [4.69, 9.17) is 5.73 Å². The molecule has 0 radical (unpaired) electrons. The van der Waals surface area contributed by atoms with Crippen molar-refractivity contribution in [3.8, 4) is 0 Å². The van der Waals surface area contributed by atoms with Crippen LogP contribution >= 0.6 is 0 Å². The normalized spacial score (nSPS) is 9.56. The molecule has 0 rings (SSSR count). The second-order valence-corrected chi connectivity index (χ2v) is 1.86. The van der Waals surface area contributed by atoms with Crippen LogP contribution in [-0.4, -0.2) is 20.9 Å². The summed E-state index contributed by atoms with van der Waals surface area (Å²) in [5.41, 5.74) is 4.91. The molecule has 0 unspecified atom stereocenters. The zero-order valence-electron chi connectivity index (χ0n) is 4.57. The van der Waals surface area contributed by atoms with Gasteiger partial charge in [0.25, 0.3) is 0 Å². The number of rotatable bonds is 3. The fourth-order valence-corrected chi connectivity index (χ4v) is 0.504. The topological polar surface area (TPSA) is 86.5 Å². The highest BCUT2D eigenvalue weighted by Gasteiger charge is 1.99. The first-order chi connectivity index (χ1) is 4.16. The molecule has 0 bridgehead atoms. The first kappa shape index (κ1) is 8.38. The molecule has 0 aliphatic rings. The highest BCUT2D eigenvalue weighted by Crippen LogP contribution is 1.81. The minimum Gasteiger partial charge on any atom is -0.348 e. The molecule has 0 heterocycles. The molecule has 0 aromatic heterocycles. The Morgan fingerprint density at radius 1 is 1.56 bits per heavy atom. The summed E-state index contributed by atoms with van der Waals surface area (Å²) in [6.07, 6.45) is -0.0662. The maximum absolute atomic E-state index is 10.2. The van der Waals surface area contributed by atoms with Crippen molar-refractivity contribution in [3.05, 3.63) is 0 Å². The highest BCUT2D eigenvalue weighted by atomic mass is 32.2. The van der Waals surface area contributed by atoms with Crippen LogP contribution in [0.1, 0.15) is 6.42 Å². The summed E-state index contributed by atoms with van der Waals surface area (Å²) in [7, 11) is -3.06. The minimum absolute atomic E-state index is 0.0662. The van der Waals surface area contributed by atoms with Gasteiger partial charge in [0, 0.05) is 6.54 Å². The third-order valence-electron chi connectivity index (χ3n) is 0.525. The average Bonchev–Trinajstić information content (AvgIpc) is 1.63. The summed E-state index contributed by atoms with van der Waals surface area (Å²) in [5, 5.41) is 0. The van der Waals surface area contributed by atoms with Crippen LogP contribution in [0.4, 0.5) is 0 Å². The summed E-state index contributed by atoms with van der Waals surface area (Å²) in [5.74, 6) is -0.811. The van der Waals surface area contributed by atoms with Gasteiger partial charge in [-0.25, -0.2) is 0 Å². The Morgan fingerprint density at radius 2 is 2.11 bits per heavy atom. The average molecular weight is 153 g/mol. The maximum atomic E-state index is 10.2. The van der Waals surface area contributed by atoms with Gasteiger partial charge in [0.1, 0.15) is 0 Å². The van der Waals surface area contributed by atoms with E-state index in [-0.39, 0.29) is 13.0 Å². The van der Waals surface area contributed by atoms with Crippen molar-refractivity contribution in [2.24, 2.45) is 5.73 Å². The maximum Gasteiger partial charge on any atom is 0.323 e. The molecule has 0 saturated heterocycles. The predicted molar refractivity (Wildman–Crippen MR) is 30.1 cm³/mol. The molecular weight excluding hydrogens is 146 g/mol. The quantitative estimate of drug-likeness (QED) is 0.477. The van der Waals surface area contributed by atoms with E-state index in [0.717, 1.165) is 0 Å². The molecule has 6 heteroatoms. The first-order valence-corrected chi connectivity index (χ1v) is 3.31. The summed E-state index contributed by atoms with van der Waals surface area (Å²) in [6, 6.07) is 0. The van der Waals surface area contributed by atoms with Crippen LogP contribution in [0.5, 0.6) is 0 Å². The molecular formula is C3H7NO4S. The summed E-state index contributed by atoms with van der Waals surface area (Å²) < 4.78 is 23.0. The van der Waals surface area contributed by atoms with Crippen LogP contribution in [-0.2, 0) is 20.0 Å². The molecule has 0 aromatic rings. The molecule has 0 fully saturated rings. The number of thiol groups is 1. The van der Waals surface area contributed by atoms with Crippen LogP contribution in [0, 0.1) is 0 Å². The Balaban J connectivity index is 3.51. The van der Waals surface area contributed by atoms with Gasteiger partial charge in [-0.2, -0.15) is 8.42 Å². The van der Waals surface area contributed by atoms with E-state index in [1.54, 1.807) is 0 Å². The Hall–Kier alpha value is -0.620. The largest absolute Gasteiger partial charge is 0.348 e. The lowest BCUT2D eigenvalue weighted by Gasteiger charge is -1.90. The third-order valence-corrected chi connectivity index (χ3v) is 0.878. The van der Waals surface area contributed by atoms with Gasteiger partial charge in [0.2, 0.25) is 0 Å². The smallest absolute Gasteiger partial charge is 0.323 e. The van der Waals surface area contributed by atoms with E-state index in [2.05, 4.69) is 4.18 Å². The number of hydrogen-bond acceptors (Lipinski definition) is 5. The molecule has 0 aromatic carbocycles. The van der Waals surface area contributed by atoms with Crippen LogP contribution in [0.3, 0.4) is 0 Å². The third kappa shape index (κ3) is 5.25. The van der Waals surface area contributed by atoms with Crippen LogP contribution in [0.25, 0.3) is 0 Å². The first-order valence-electron chi connectivity index (χ1n) is 2.22. The van der Waals surface area contributed by atoms with Gasteiger partial charge in [-0.15, -0.1) is 0 Å². The molecule has 0 saturated carbocycles. The van der Waals surface area contributed by atoms with E-state index in [1.807, 2.05) is 0 Å². The van der Waals surface area contributed by atoms with Gasteiger partial charge in [-0.05, 0) is 0 Å². The Kier molecular flexibility index (Phi) is 3.98. The van der Waals surface area contributed by atoms with Crippen molar-refractivity contribution >= 4 is 17.0 Å². The number of hydrogen-bond donors (Lipinski definition) is 2. The van der Waals surface area contributed by atoms with Crippen molar-refractivity contribution in [1.29, 1.82) is 0 Å². The van der Waals surface area contributed by atoms with Gasteiger partial charge >= 0.3 is 17.0 Å². The Labute approximate surface area is 54.0 Å². The van der Waals surface area contributed by atoms with Crippen LogP contribution in [0.2, 0.25) is 0 Å². The lowest BCUT2D eigenvalue weighted by atomic mass is 10.5. The van der Waals surface area contributed by atoms with E-state index < -0.39 is 17.0 Å². The second-order valence-electron chi connectivity index (χ2n) is 1.23. The molecule has 0 spiro atoms. The predicted octanol–water partition coefficient (Wildman–Crippen LogP) is -1.60. The standard InChI is InChI=1S/C3H7NO4S/c4-2-1-3(5)8-9(6)7/h9H,1-2,4H2. The second kappa shape index (κ2) is 4.28. The van der Waals surface area contributed by atoms with Crippen LogP contribution < -0.4 is 5.73 Å². The molecule has 0 amide bonds. The van der Waals surface area contributed by atoms with E-state index in [0.29, 0.717) is 0 Å². The molecule has 9 heavy (non-hydrogen) atoms. The van der Waals surface area contributed by atoms with Gasteiger partial charge < -0.3 is 9.92 Å². The summed E-state index contributed by atoms with van der Waals surface area (Å²) >= 11 is 0. The minimum atomic E-state index is -3.06.